The van der Waals surface area contributed by atoms with Gasteiger partial charge in [0.2, 0.25) is 0 Å². The molecule has 0 aliphatic heterocycles. The summed E-state index contributed by atoms with van der Waals surface area (Å²) in [6.07, 6.45) is 5.99. The summed E-state index contributed by atoms with van der Waals surface area (Å²) in [5.41, 5.74) is -0.0384. The quantitative estimate of drug-likeness (QED) is 0.389. The van der Waals surface area contributed by atoms with Crippen LogP contribution in [0.25, 0.3) is 0 Å². The third-order valence-corrected chi connectivity index (χ3v) is 9.39. The molecule has 2 aromatic rings. The third-order valence-electron chi connectivity index (χ3n) is 4.90. The Labute approximate surface area is 154 Å². The van der Waals surface area contributed by atoms with Crippen molar-refractivity contribution < 1.29 is 4.74 Å². The maximum Gasteiger partial charge on any atom is 0.161 e. The maximum absolute atomic E-state index is 5.94. The number of ether oxygens (including phenoxy) is 1. The summed E-state index contributed by atoms with van der Waals surface area (Å²) in [4.78, 5) is 0. The summed E-state index contributed by atoms with van der Waals surface area (Å²) in [5, 5.41) is 2.74. The van der Waals surface area contributed by atoms with Gasteiger partial charge in [-0.05, 0) is 6.42 Å². The molecule has 0 radical (unpaired) electrons. The van der Waals surface area contributed by atoms with Gasteiger partial charge in [-0.2, -0.15) is 0 Å². The molecule has 2 heteroatoms. The molecule has 1 nitrogen and oxygen atoms in total. The molecule has 0 aliphatic carbocycles. The minimum atomic E-state index is -2.10. The average Bonchev–Trinajstić information content (AvgIpc) is 2.68. The van der Waals surface area contributed by atoms with Crippen molar-refractivity contribution in [2.45, 2.75) is 51.3 Å². The van der Waals surface area contributed by atoms with Crippen LogP contribution in [0.4, 0.5) is 0 Å². The van der Waals surface area contributed by atoms with Gasteiger partial charge in [-0.15, -0.1) is 5.92 Å². The lowest BCUT2D eigenvalue weighted by atomic mass is 10.2. The first-order valence-corrected chi connectivity index (χ1v) is 11.9. The molecule has 0 saturated heterocycles. The minimum absolute atomic E-state index is 0.0384. The molecule has 132 valence electrons. The Morgan fingerprint density at radius 3 is 1.92 bits per heavy atom. The lowest BCUT2D eigenvalue weighted by Gasteiger charge is -2.33. The van der Waals surface area contributed by atoms with Gasteiger partial charge in [0.15, 0.2) is 8.07 Å². The molecule has 25 heavy (non-hydrogen) atoms. The van der Waals surface area contributed by atoms with Crippen molar-refractivity contribution in [2.75, 3.05) is 7.11 Å². The number of hydrogen-bond acceptors (Lipinski definition) is 1. The largest absolute Gasteiger partial charge is 0.372 e. The molecular weight excluding hydrogens is 320 g/mol. The van der Waals surface area contributed by atoms with Crippen molar-refractivity contribution in [3.8, 4) is 11.8 Å². The normalized spacial score (nSPS) is 12.3. The predicted molar refractivity (Wildman–Crippen MR) is 111 cm³/mol. The summed E-state index contributed by atoms with van der Waals surface area (Å²) < 4.78 is 5.94. The summed E-state index contributed by atoms with van der Waals surface area (Å²) >= 11 is 0. The van der Waals surface area contributed by atoms with Crippen LogP contribution in [0.2, 0.25) is 6.55 Å². The zero-order valence-corrected chi connectivity index (χ0v) is 16.8. The Morgan fingerprint density at radius 2 is 1.44 bits per heavy atom. The van der Waals surface area contributed by atoms with E-state index >= 15 is 0 Å². The van der Waals surface area contributed by atoms with Crippen LogP contribution in [0.3, 0.4) is 0 Å². The Morgan fingerprint density at radius 1 is 0.880 bits per heavy atom. The third kappa shape index (κ3) is 5.08. The van der Waals surface area contributed by atoms with Gasteiger partial charge in [-0.25, -0.2) is 0 Å². The Hall–Kier alpha value is -1.82. The molecule has 0 bridgehead atoms. The van der Waals surface area contributed by atoms with E-state index < -0.39 is 8.07 Å². The van der Waals surface area contributed by atoms with Gasteiger partial charge in [0.25, 0.3) is 0 Å². The Kier molecular flexibility index (Phi) is 7.98. The molecule has 0 aliphatic rings. The topological polar surface area (TPSA) is 9.23 Å². The highest BCUT2D eigenvalue weighted by Gasteiger charge is 2.40. The Bertz CT molecular complexity index is 630. The maximum atomic E-state index is 5.94. The Balaban J connectivity index is 2.29. The van der Waals surface area contributed by atoms with Crippen LogP contribution in [0.5, 0.6) is 0 Å². The number of rotatable bonds is 8. The fraction of sp³-hybridized carbons (Fsp3) is 0.391. The van der Waals surface area contributed by atoms with E-state index in [0.717, 1.165) is 6.42 Å². The van der Waals surface area contributed by atoms with Crippen molar-refractivity contribution >= 4 is 18.4 Å². The van der Waals surface area contributed by atoms with Gasteiger partial charge >= 0.3 is 0 Å². The molecule has 0 spiro atoms. The summed E-state index contributed by atoms with van der Waals surface area (Å²) in [6, 6.07) is 21.5. The van der Waals surface area contributed by atoms with E-state index in [1.807, 2.05) is 0 Å². The zero-order valence-electron chi connectivity index (χ0n) is 15.8. The molecule has 0 heterocycles. The van der Waals surface area contributed by atoms with E-state index in [1.165, 1.54) is 36.1 Å². The highest BCUT2D eigenvalue weighted by Crippen LogP contribution is 2.13. The molecule has 0 aromatic heterocycles. The molecule has 0 amide bonds. The molecule has 0 fully saturated rings. The second kappa shape index (κ2) is 10.2. The average molecular weight is 351 g/mol. The van der Waals surface area contributed by atoms with Gasteiger partial charge in [0.1, 0.15) is 5.73 Å². The second-order valence-corrected chi connectivity index (χ2v) is 10.8. The van der Waals surface area contributed by atoms with Crippen LogP contribution in [-0.2, 0) is 4.74 Å². The number of unbranched alkanes of at least 4 members (excludes halogenated alkanes) is 4. The van der Waals surface area contributed by atoms with Crippen molar-refractivity contribution in [1.29, 1.82) is 0 Å². The fourth-order valence-electron chi connectivity index (χ4n) is 3.28. The van der Waals surface area contributed by atoms with E-state index in [9.17, 15) is 0 Å². The lowest BCUT2D eigenvalue weighted by molar-refractivity contribution is 0.201. The number of hydrogen-bond donors (Lipinski definition) is 0. The highest BCUT2D eigenvalue weighted by molar-refractivity contribution is 7.02. The van der Waals surface area contributed by atoms with Crippen LogP contribution in [0.1, 0.15) is 39.0 Å². The molecular formula is C23H30OSi. The monoisotopic (exact) mass is 350 g/mol. The summed E-state index contributed by atoms with van der Waals surface area (Å²) in [5.74, 6) is 6.87. The minimum Gasteiger partial charge on any atom is -0.372 e. The molecule has 1 atom stereocenters. The van der Waals surface area contributed by atoms with Crippen LogP contribution >= 0.6 is 0 Å². The lowest BCUT2D eigenvalue weighted by Crippen LogP contribution is -2.64. The molecule has 1 unspecified atom stereocenters. The van der Waals surface area contributed by atoms with Gasteiger partial charge in [-0.1, -0.05) is 110 Å². The second-order valence-electron chi connectivity index (χ2n) is 6.68. The molecule has 2 aromatic carbocycles. The van der Waals surface area contributed by atoms with E-state index in [-0.39, 0.29) is 5.73 Å². The van der Waals surface area contributed by atoms with Crippen LogP contribution in [0, 0.1) is 11.8 Å². The summed E-state index contributed by atoms with van der Waals surface area (Å²) in [6.45, 7) is 4.61. The van der Waals surface area contributed by atoms with Gasteiger partial charge in [0, 0.05) is 13.5 Å². The first kappa shape index (κ1) is 19.5. The highest BCUT2D eigenvalue weighted by atomic mass is 28.3. The van der Waals surface area contributed by atoms with Crippen molar-refractivity contribution in [3.63, 3.8) is 0 Å². The van der Waals surface area contributed by atoms with Crippen molar-refractivity contribution in [2.24, 2.45) is 0 Å². The van der Waals surface area contributed by atoms with Crippen LogP contribution in [-0.4, -0.2) is 20.9 Å². The predicted octanol–water partition coefficient (Wildman–Crippen LogP) is 4.41. The van der Waals surface area contributed by atoms with E-state index in [0.29, 0.717) is 0 Å². The standard InChI is InChI=1S/C23H30OSi/c1-4-5-6-7-8-15-20-23(24-2)25(3,21-16-11-9-12-17-21)22-18-13-10-14-19-22/h9-14,16-19,23H,4-8H2,1-3H3. The van der Waals surface area contributed by atoms with Gasteiger partial charge < -0.3 is 4.74 Å². The van der Waals surface area contributed by atoms with E-state index in [2.05, 4.69) is 86.0 Å². The SMILES string of the molecule is CCCCCCC#CC(OC)[Si](C)(c1ccccc1)c1ccccc1. The number of methoxy groups -OCH3 is 1. The van der Waals surface area contributed by atoms with E-state index in [4.69, 9.17) is 4.74 Å². The molecule has 0 N–H and O–H groups in total. The van der Waals surface area contributed by atoms with Crippen molar-refractivity contribution in [1.82, 2.24) is 0 Å². The first-order valence-electron chi connectivity index (χ1n) is 9.35. The first-order chi connectivity index (χ1) is 12.2. The molecule has 2 rings (SSSR count). The van der Waals surface area contributed by atoms with Gasteiger partial charge in [-0.3, -0.25) is 0 Å². The van der Waals surface area contributed by atoms with Crippen LogP contribution in [0.15, 0.2) is 60.7 Å². The van der Waals surface area contributed by atoms with Gasteiger partial charge in [0.05, 0.1) is 0 Å². The van der Waals surface area contributed by atoms with Crippen LogP contribution < -0.4 is 10.4 Å². The number of benzene rings is 2. The zero-order chi connectivity index (χ0) is 18.0. The van der Waals surface area contributed by atoms with Crippen molar-refractivity contribution in [3.05, 3.63) is 60.7 Å². The summed E-state index contributed by atoms with van der Waals surface area (Å²) in [7, 11) is -0.303. The fourth-order valence-corrected chi connectivity index (χ4v) is 6.85. The van der Waals surface area contributed by atoms with E-state index in [1.54, 1.807) is 7.11 Å². The molecule has 0 saturated carbocycles. The smallest absolute Gasteiger partial charge is 0.161 e.